The second kappa shape index (κ2) is 6.74. The molecule has 1 aromatic rings. The minimum absolute atomic E-state index is 0.138. The van der Waals surface area contributed by atoms with E-state index in [1.165, 1.54) is 6.92 Å². The number of rotatable bonds is 3. The highest BCUT2D eigenvalue weighted by Crippen LogP contribution is 2.33. The zero-order valence-electron chi connectivity index (χ0n) is 11.0. The fourth-order valence-electron chi connectivity index (χ4n) is 1.46. The van der Waals surface area contributed by atoms with E-state index >= 15 is 0 Å². The van der Waals surface area contributed by atoms with Crippen LogP contribution in [0, 0.1) is 22.0 Å². The lowest BCUT2D eigenvalue weighted by Gasteiger charge is -2.08. The predicted octanol–water partition coefficient (Wildman–Crippen LogP) is 2.49. The Hall–Kier alpha value is -2.56. The molecule has 21 heavy (non-hydrogen) atoms. The summed E-state index contributed by atoms with van der Waals surface area (Å²) in [6.45, 7) is 1.49. The summed E-state index contributed by atoms with van der Waals surface area (Å²) < 4.78 is 38.3. The summed E-state index contributed by atoms with van der Waals surface area (Å²) in [4.78, 5) is 20.4. The normalized spacial score (nSPS) is 10.5. The summed E-state index contributed by atoms with van der Waals surface area (Å²) in [5.41, 5.74) is -1.95. The van der Waals surface area contributed by atoms with Crippen molar-refractivity contribution in [3.8, 4) is 11.8 Å². The molecule has 0 heterocycles. The molecule has 0 aliphatic rings. The van der Waals surface area contributed by atoms with E-state index in [-0.39, 0.29) is 18.9 Å². The van der Waals surface area contributed by atoms with Crippen LogP contribution in [0.3, 0.4) is 0 Å². The molecule has 1 amide bonds. The molecule has 0 fully saturated rings. The van der Waals surface area contributed by atoms with Gasteiger partial charge in [0.1, 0.15) is 0 Å². The number of hydrogen-bond donors (Lipinski definition) is 1. The van der Waals surface area contributed by atoms with E-state index in [9.17, 15) is 28.1 Å². The van der Waals surface area contributed by atoms with Gasteiger partial charge < -0.3 is 5.32 Å². The predicted molar refractivity (Wildman–Crippen MR) is 68.3 cm³/mol. The van der Waals surface area contributed by atoms with Crippen LogP contribution in [-0.4, -0.2) is 17.4 Å². The summed E-state index contributed by atoms with van der Waals surface area (Å²) >= 11 is 0. The highest BCUT2D eigenvalue weighted by atomic mass is 19.4. The molecule has 1 rings (SSSR count). The van der Waals surface area contributed by atoms with Crippen LogP contribution in [0.1, 0.15) is 24.5 Å². The first-order valence-corrected chi connectivity index (χ1v) is 5.80. The third kappa shape index (κ3) is 5.14. The Morgan fingerprint density at radius 3 is 2.62 bits per heavy atom. The third-order valence-corrected chi connectivity index (χ3v) is 2.37. The number of nitro benzene ring substituents is 1. The van der Waals surface area contributed by atoms with Crippen molar-refractivity contribution < 1.29 is 22.9 Å². The van der Waals surface area contributed by atoms with Crippen LogP contribution in [0.15, 0.2) is 18.2 Å². The van der Waals surface area contributed by atoms with Gasteiger partial charge in [0, 0.05) is 37.6 Å². The monoisotopic (exact) mass is 300 g/mol. The van der Waals surface area contributed by atoms with Crippen molar-refractivity contribution in [3.05, 3.63) is 39.4 Å². The number of carbonyl (C=O) groups is 1. The lowest BCUT2D eigenvalue weighted by Crippen LogP contribution is -2.20. The molecular weight excluding hydrogens is 289 g/mol. The molecule has 0 saturated heterocycles. The van der Waals surface area contributed by atoms with Gasteiger partial charge in [0.15, 0.2) is 0 Å². The van der Waals surface area contributed by atoms with Gasteiger partial charge in [-0.1, -0.05) is 11.8 Å². The molecule has 8 heteroatoms. The molecule has 1 N–H and O–H groups in total. The Morgan fingerprint density at radius 2 is 2.10 bits per heavy atom. The van der Waals surface area contributed by atoms with Crippen LogP contribution in [0.2, 0.25) is 0 Å². The molecule has 0 aliphatic carbocycles. The van der Waals surface area contributed by atoms with Gasteiger partial charge in [-0.05, 0) is 6.07 Å². The van der Waals surface area contributed by atoms with Gasteiger partial charge in [-0.3, -0.25) is 14.9 Å². The fourth-order valence-corrected chi connectivity index (χ4v) is 1.46. The third-order valence-electron chi connectivity index (χ3n) is 2.37. The quantitative estimate of drug-likeness (QED) is 0.403. The summed E-state index contributed by atoms with van der Waals surface area (Å²) in [6, 6.07) is 2.20. The molecule has 1 aromatic carbocycles. The number of nitrogens with one attached hydrogen (secondary N) is 1. The van der Waals surface area contributed by atoms with E-state index in [0.717, 1.165) is 12.1 Å². The minimum Gasteiger partial charge on any atom is -0.355 e. The molecule has 0 unspecified atom stereocenters. The van der Waals surface area contributed by atoms with Crippen LogP contribution in [0.5, 0.6) is 0 Å². The average molecular weight is 300 g/mol. The van der Waals surface area contributed by atoms with Crippen molar-refractivity contribution in [2.24, 2.45) is 0 Å². The maximum Gasteiger partial charge on any atom is 0.417 e. The summed E-state index contributed by atoms with van der Waals surface area (Å²) in [7, 11) is 0. The van der Waals surface area contributed by atoms with Gasteiger partial charge in [-0.25, -0.2) is 0 Å². The first-order valence-electron chi connectivity index (χ1n) is 5.80. The summed E-state index contributed by atoms with van der Waals surface area (Å²) in [6.07, 6.45) is -4.50. The van der Waals surface area contributed by atoms with Crippen molar-refractivity contribution in [1.82, 2.24) is 5.32 Å². The fraction of sp³-hybridized carbons (Fsp3) is 0.308. The van der Waals surface area contributed by atoms with E-state index in [0.29, 0.717) is 6.07 Å². The molecule has 5 nitrogen and oxygen atoms in total. The molecule has 112 valence electrons. The maximum absolute atomic E-state index is 12.8. The van der Waals surface area contributed by atoms with Gasteiger partial charge in [-0.2, -0.15) is 13.2 Å². The van der Waals surface area contributed by atoms with Crippen molar-refractivity contribution in [2.75, 3.05) is 6.54 Å². The van der Waals surface area contributed by atoms with E-state index < -0.39 is 27.9 Å². The number of benzene rings is 1. The topological polar surface area (TPSA) is 72.2 Å². The largest absolute Gasteiger partial charge is 0.417 e. The molecule has 0 aromatic heterocycles. The van der Waals surface area contributed by atoms with Crippen molar-refractivity contribution in [1.29, 1.82) is 0 Å². The van der Waals surface area contributed by atoms with Crippen molar-refractivity contribution in [2.45, 2.75) is 19.5 Å². The zero-order valence-corrected chi connectivity index (χ0v) is 11.0. The van der Waals surface area contributed by atoms with Gasteiger partial charge in [0.25, 0.3) is 5.69 Å². The number of hydrogen-bond acceptors (Lipinski definition) is 3. The van der Waals surface area contributed by atoms with E-state index in [2.05, 4.69) is 17.2 Å². The highest BCUT2D eigenvalue weighted by Gasteiger charge is 2.33. The van der Waals surface area contributed by atoms with Gasteiger partial charge >= 0.3 is 6.18 Å². The maximum atomic E-state index is 12.8. The molecule has 0 saturated carbocycles. The Morgan fingerprint density at radius 1 is 1.43 bits per heavy atom. The van der Waals surface area contributed by atoms with Crippen LogP contribution < -0.4 is 5.32 Å². The van der Waals surface area contributed by atoms with Crippen molar-refractivity contribution in [3.63, 3.8) is 0 Å². The standard InChI is InChI=1S/C13H11F3N2O3/c1-9(19)17-7-3-2-4-10-8-11(18(20)21)5-6-12(10)13(14,15)16/h5-6,8H,3,7H2,1H3,(H,17,19). The number of nitrogens with zero attached hydrogens (tertiary/aromatic N) is 1. The van der Waals surface area contributed by atoms with E-state index in [1.807, 2.05) is 0 Å². The number of carbonyl (C=O) groups excluding carboxylic acids is 1. The minimum atomic E-state index is -4.64. The zero-order chi connectivity index (χ0) is 16.0. The number of non-ortho nitro benzene ring substituents is 1. The molecule has 0 spiro atoms. The van der Waals surface area contributed by atoms with Gasteiger partial charge in [0.05, 0.1) is 10.5 Å². The number of amides is 1. The first-order chi connectivity index (χ1) is 9.71. The average Bonchev–Trinajstić information content (AvgIpc) is 2.36. The second-order valence-electron chi connectivity index (χ2n) is 4.02. The number of halogens is 3. The van der Waals surface area contributed by atoms with Crippen LogP contribution in [0.25, 0.3) is 0 Å². The van der Waals surface area contributed by atoms with Crippen LogP contribution in [0.4, 0.5) is 18.9 Å². The second-order valence-corrected chi connectivity index (χ2v) is 4.02. The van der Waals surface area contributed by atoms with E-state index in [4.69, 9.17) is 0 Å². The summed E-state index contributed by atoms with van der Waals surface area (Å²) in [5.74, 6) is 4.44. The summed E-state index contributed by atoms with van der Waals surface area (Å²) in [5, 5.41) is 13.0. The Balaban J connectivity index is 3.02. The van der Waals surface area contributed by atoms with Gasteiger partial charge in [0.2, 0.25) is 5.91 Å². The Bertz CT molecular complexity index is 615. The molecule has 0 bridgehead atoms. The van der Waals surface area contributed by atoms with Crippen LogP contribution >= 0.6 is 0 Å². The highest BCUT2D eigenvalue weighted by molar-refractivity contribution is 5.72. The molecule has 0 atom stereocenters. The number of nitro groups is 1. The molecule has 0 aliphatic heterocycles. The van der Waals surface area contributed by atoms with Crippen molar-refractivity contribution >= 4 is 11.6 Å². The van der Waals surface area contributed by atoms with Gasteiger partial charge in [-0.15, -0.1) is 0 Å². The van der Waals surface area contributed by atoms with E-state index in [1.54, 1.807) is 0 Å². The SMILES string of the molecule is CC(=O)NCCC#Cc1cc([N+](=O)[O-])ccc1C(F)(F)F. The smallest absolute Gasteiger partial charge is 0.355 e. The molecule has 0 radical (unpaired) electrons. The van der Waals surface area contributed by atoms with Crippen LogP contribution in [-0.2, 0) is 11.0 Å². The lowest BCUT2D eigenvalue weighted by atomic mass is 10.1. The Labute approximate surface area is 118 Å². The first kappa shape index (κ1) is 16.5. The Kier molecular flexibility index (Phi) is 5.30. The number of alkyl halides is 3. The molecular formula is C13H11F3N2O3. The lowest BCUT2D eigenvalue weighted by molar-refractivity contribution is -0.384.